The topological polar surface area (TPSA) is 19.1 Å². The zero-order valence-corrected chi connectivity index (χ0v) is 28.9. The number of allylic oxidation sites excluding steroid dienone is 4. The maximum Gasteiger partial charge on any atom is 0.131 e. The molecule has 244 valence electrons. The molecule has 2 aliphatic rings. The summed E-state index contributed by atoms with van der Waals surface area (Å²) in [4.78, 5) is 0. The first kappa shape index (κ1) is 28.3. The molecule has 12 rings (SSSR count). The smallest absolute Gasteiger partial charge is 0.131 e. The van der Waals surface area contributed by atoms with E-state index in [-0.39, 0.29) is 5.92 Å². The van der Waals surface area contributed by atoms with Crippen molar-refractivity contribution in [2.45, 2.75) is 12.3 Å². The van der Waals surface area contributed by atoms with E-state index in [1.54, 1.807) is 0 Å². The quantitative estimate of drug-likeness (QED) is 0.181. The lowest BCUT2D eigenvalue weighted by atomic mass is 9.85. The molecule has 4 heteroatoms. The van der Waals surface area contributed by atoms with Crippen LogP contribution in [-0.4, -0.2) is 9.13 Å². The van der Waals surface area contributed by atoms with Gasteiger partial charge in [-0.05, 0) is 59.7 Å². The molecule has 3 nitrogen and oxygen atoms in total. The van der Waals surface area contributed by atoms with E-state index in [1.165, 1.54) is 86.2 Å². The van der Waals surface area contributed by atoms with Gasteiger partial charge in [-0.1, -0.05) is 115 Å². The summed E-state index contributed by atoms with van der Waals surface area (Å²) in [7, 11) is 0. The number of nitrogens with zero attached hydrogens (tertiary/aromatic N) is 2. The predicted octanol–water partition coefficient (Wildman–Crippen LogP) is 13.2. The van der Waals surface area contributed by atoms with Gasteiger partial charge in [0.05, 0.1) is 28.0 Å². The zero-order chi connectivity index (χ0) is 33.9. The van der Waals surface area contributed by atoms with Gasteiger partial charge in [0.1, 0.15) is 11.5 Å². The van der Waals surface area contributed by atoms with Crippen LogP contribution in [0, 0.1) is 0 Å². The summed E-state index contributed by atoms with van der Waals surface area (Å²) in [6, 6.07) is 55.3. The molecule has 3 aromatic heterocycles. The van der Waals surface area contributed by atoms with Crippen molar-refractivity contribution < 1.29 is 4.74 Å². The SMILES string of the molecule is C1=C2Oc3cccc(-c4cccc5c4sc4ccccc45)c3C2CC(n2c3ccccc3c3ccc4c5ccccc5n(-c5ccccc5)c4c32)=C1. The van der Waals surface area contributed by atoms with Crippen LogP contribution in [0.15, 0.2) is 170 Å². The van der Waals surface area contributed by atoms with E-state index < -0.39 is 0 Å². The minimum Gasteiger partial charge on any atom is -0.461 e. The van der Waals surface area contributed by atoms with Gasteiger partial charge in [-0.3, -0.25) is 0 Å². The van der Waals surface area contributed by atoms with Crippen LogP contribution in [-0.2, 0) is 0 Å². The molecule has 52 heavy (non-hydrogen) atoms. The molecule has 1 aliphatic carbocycles. The molecular formula is C48H30N2OS. The van der Waals surface area contributed by atoms with E-state index in [0.29, 0.717) is 0 Å². The van der Waals surface area contributed by atoms with Gasteiger partial charge in [0.2, 0.25) is 0 Å². The summed E-state index contributed by atoms with van der Waals surface area (Å²) in [6.45, 7) is 0. The summed E-state index contributed by atoms with van der Waals surface area (Å²) >= 11 is 1.89. The Kier molecular flexibility index (Phi) is 5.77. The van der Waals surface area contributed by atoms with Crippen LogP contribution in [0.5, 0.6) is 5.75 Å². The van der Waals surface area contributed by atoms with E-state index in [0.717, 1.165) is 23.6 Å². The average molecular weight is 683 g/mol. The number of hydrogen-bond acceptors (Lipinski definition) is 2. The summed E-state index contributed by atoms with van der Waals surface area (Å²) in [5, 5.41) is 7.69. The van der Waals surface area contributed by atoms with Crippen LogP contribution >= 0.6 is 11.3 Å². The second kappa shape index (κ2) is 10.6. The molecular weight excluding hydrogens is 653 g/mol. The summed E-state index contributed by atoms with van der Waals surface area (Å²) in [5.74, 6) is 2.10. The van der Waals surface area contributed by atoms with Crippen molar-refractivity contribution in [3.05, 3.63) is 175 Å². The average Bonchev–Trinajstić information content (AvgIpc) is 3.95. The first-order chi connectivity index (χ1) is 25.8. The number of rotatable bonds is 3. The minimum atomic E-state index is 0.103. The first-order valence-corrected chi connectivity index (χ1v) is 18.8. The van der Waals surface area contributed by atoms with Crippen LogP contribution in [0.25, 0.3) is 86.3 Å². The lowest BCUT2D eigenvalue weighted by Crippen LogP contribution is -2.09. The summed E-state index contributed by atoms with van der Waals surface area (Å²) in [6.07, 6.45) is 5.35. The van der Waals surface area contributed by atoms with Crippen molar-refractivity contribution in [2.24, 2.45) is 0 Å². The Balaban J connectivity index is 1.10. The van der Waals surface area contributed by atoms with Crippen molar-refractivity contribution in [3.8, 4) is 22.6 Å². The Hall–Kier alpha value is -6.36. The number of ether oxygens (including phenoxy) is 1. The van der Waals surface area contributed by atoms with Crippen LogP contribution in [0.1, 0.15) is 17.9 Å². The van der Waals surface area contributed by atoms with Crippen molar-refractivity contribution in [3.63, 3.8) is 0 Å². The molecule has 0 bridgehead atoms. The van der Waals surface area contributed by atoms with E-state index >= 15 is 0 Å². The fourth-order valence-corrected chi connectivity index (χ4v) is 10.4. The van der Waals surface area contributed by atoms with Crippen molar-refractivity contribution in [1.29, 1.82) is 0 Å². The molecule has 0 N–H and O–H groups in total. The standard InChI is InChI=1S/C48H30N2OS/c1-2-12-29(13-3-1)49-40-20-7-4-14-31(40)35-25-26-36-32-15-5-8-21-41(32)50(47(36)46(35)49)30-24-27-42-39(28-30)45-34(17-11-22-43(45)51-42)38-19-10-18-37-33-16-6-9-23-44(33)52-48(37)38/h1-27,39H,28H2. The van der Waals surface area contributed by atoms with Crippen LogP contribution < -0.4 is 4.74 Å². The highest BCUT2D eigenvalue weighted by molar-refractivity contribution is 7.26. The van der Waals surface area contributed by atoms with Gasteiger partial charge in [0.25, 0.3) is 0 Å². The summed E-state index contributed by atoms with van der Waals surface area (Å²) in [5.41, 5.74) is 11.2. The Bertz CT molecular complexity index is 3190. The lowest BCUT2D eigenvalue weighted by molar-refractivity contribution is 0.425. The molecule has 0 saturated carbocycles. The normalized spacial score (nSPS) is 15.4. The molecule has 10 aromatic rings. The fourth-order valence-electron chi connectivity index (χ4n) is 9.15. The number of para-hydroxylation sites is 3. The van der Waals surface area contributed by atoms with Gasteiger partial charge in [0, 0.05) is 65.1 Å². The third-order valence-electron chi connectivity index (χ3n) is 11.3. The molecule has 0 amide bonds. The van der Waals surface area contributed by atoms with Gasteiger partial charge < -0.3 is 13.9 Å². The van der Waals surface area contributed by atoms with Gasteiger partial charge in [-0.15, -0.1) is 11.3 Å². The Labute approximate surface area is 303 Å². The highest BCUT2D eigenvalue weighted by atomic mass is 32.1. The molecule has 0 spiro atoms. The van der Waals surface area contributed by atoms with Gasteiger partial charge in [-0.2, -0.15) is 0 Å². The van der Waals surface area contributed by atoms with E-state index in [2.05, 4.69) is 173 Å². The highest BCUT2D eigenvalue weighted by Gasteiger charge is 2.36. The molecule has 1 aliphatic heterocycles. The second-order valence-electron chi connectivity index (χ2n) is 14.0. The van der Waals surface area contributed by atoms with Crippen LogP contribution in [0.4, 0.5) is 0 Å². The number of fused-ring (bicyclic) bond motifs is 13. The minimum absolute atomic E-state index is 0.103. The Morgan fingerprint density at radius 2 is 1.13 bits per heavy atom. The third kappa shape index (κ3) is 3.79. The van der Waals surface area contributed by atoms with Gasteiger partial charge >= 0.3 is 0 Å². The predicted molar refractivity (Wildman–Crippen MR) is 219 cm³/mol. The third-order valence-corrected chi connectivity index (χ3v) is 12.5. The summed E-state index contributed by atoms with van der Waals surface area (Å²) < 4.78 is 14.3. The van der Waals surface area contributed by atoms with Gasteiger partial charge in [-0.25, -0.2) is 0 Å². The number of hydrogen-bond donors (Lipinski definition) is 0. The second-order valence-corrected chi connectivity index (χ2v) is 15.0. The van der Waals surface area contributed by atoms with Crippen LogP contribution in [0.3, 0.4) is 0 Å². The van der Waals surface area contributed by atoms with E-state index in [1.807, 2.05) is 11.3 Å². The number of aromatic nitrogens is 2. The van der Waals surface area contributed by atoms with Gasteiger partial charge in [0.15, 0.2) is 0 Å². The fraction of sp³-hybridized carbons (Fsp3) is 0.0417. The number of thiophene rings is 1. The van der Waals surface area contributed by atoms with Crippen molar-refractivity contribution in [1.82, 2.24) is 9.13 Å². The van der Waals surface area contributed by atoms with E-state index in [4.69, 9.17) is 4.74 Å². The molecule has 0 saturated heterocycles. The molecule has 7 aromatic carbocycles. The Morgan fingerprint density at radius 1 is 0.500 bits per heavy atom. The molecule has 1 unspecified atom stereocenters. The molecule has 4 heterocycles. The maximum atomic E-state index is 6.68. The van der Waals surface area contributed by atoms with Crippen molar-refractivity contribution in [2.75, 3.05) is 0 Å². The lowest BCUT2D eigenvalue weighted by Gasteiger charge is -2.22. The van der Waals surface area contributed by atoms with Crippen LogP contribution in [0.2, 0.25) is 0 Å². The number of benzene rings is 7. The highest BCUT2D eigenvalue weighted by Crippen LogP contribution is 2.53. The maximum absolute atomic E-state index is 6.68. The monoisotopic (exact) mass is 682 g/mol. The zero-order valence-electron chi connectivity index (χ0n) is 28.1. The molecule has 1 atom stereocenters. The van der Waals surface area contributed by atoms with E-state index in [9.17, 15) is 0 Å². The largest absolute Gasteiger partial charge is 0.461 e. The Morgan fingerprint density at radius 3 is 1.94 bits per heavy atom. The van der Waals surface area contributed by atoms with Crippen molar-refractivity contribution >= 4 is 80.8 Å². The first-order valence-electron chi connectivity index (χ1n) is 17.9. The molecule has 0 fully saturated rings. The molecule has 0 radical (unpaired) electrons.